The van der Waals surface area contributed by atoms with E-state index in [0.717, 1.165) is 0 Å². The molecule has 0 aromatic carbocycles. The average molecular weight is 290 g/mol. The molecule has 0 bridgehead atoms. The van der Waals surface area contributed by atoms with Crippen molar-refractivity contribution in [1.82, 2.24) is 0 Å². The molecule has 0 rings (SSSR count). The van der Waals surface area contributed by atoms with Crippen LogP contribution >= 0.6 is 15.6 Å². The second-order valence-corrected chi connectivity index (χ2v) is 6.86. The highest BCUT2D eigenvalue weighted by molar-refractivity contribution is 7.46. The third-order valence-corrected chi connectivity index (χ3v) is 2.89. The van der Waals surface area contributed by atoms with Crippen LogP contribution in [0.3, 0.4) is 0 Å². The van der Waals surface area contributed by atoms with Gasteiger partial charge in [-0.2, -0.15) is 0 Å². The Morgan fingerprint density at radius 3 is 2.00 bits per heavy atom. The molecule has 0 aliphatic heterocycles. The number of phosphoric acid groups is 2. The molecule has 0 heterocycles. The van der Waals surface area contributed by atoms with Crippen LogP contribution in [0.4, 0.5) is 0 Å². The number of phosphoric ester groups is 2. The Hall–Kier alpha value is 0.220. The van der Waals surface area contributed by atoms with Crippen molar-refractivity contribution in [2.75, 3.05) is 6.61 Å². The standard InChI is InChI=1S/C7H18O8P2/c1-7(2,3)6(15-17(11,12)13)4-5-14-16(8,9)10/h6H,4-5H2,1-3H3,(H2,8,9,10)(H2,11,12,13)/p-2. The van der Waals surface area contributed by atoms with E-state index >= 15 is 0 Å². The Kier molecular flexibility index (Phi) is 5.98. The van der Waals surface area contributed by atoms with E-state index in [1.54, 1.807) is 20.8 Å². The molecule has 0 fully saturated rings. The fourth-order valence-corrected chi connectivity index (χ4v) is 2.15. The summed E-state index contributed by atoms with van der Waals surface area (Å²) in [4.78, 5) is 37.9. The first-order valence-corrected chi connectivity index (χ1v) is 7.71. The molecular formula is C7H16O8P2-2. The van der Waals surface area contributed by atoms with Crippen LogP contribution in [0.1, 0.15) is 27.2 Å². The van der Waals surface area contributed by atoms with E-state index in [1.807, 2.05) is 0 Å². The summed E-state index contributed by atoms with van der Waals surface area (Å²) in [6.45, 7) is 4.48. The summed E-state index contributed by atoms with van der Waals surface area (Å²) >= 11 is 0. The van der Waals surface area contributed by atoms with Crippen LogP contribution in [0.2, 0.25) is 0 Å². The molecule has 0 saturated heterocycles. The van der Waals surface area contributed by atoms with Gasteiger partial charge in [-0.3, -0.25) is 4.52 Å². The van der Waals surface area contributed by atoms with Gasteiger partial charge >= 0.3 is 7.82 Å². The summed E-state index contributed by atoms with van der Waals surface area (Å²) in [5.41, 5.74) is -0.678. The van der Waals surface area contributed by atoms with E-state index in [0.29, 0.717) is 0 Å². The highest BCUT2D eigenvalue weighted by Gasteiger charge is 2.27. The zero-order valence-electron chi connectivity index (χ0n) is 9.73. The van der Waals surface area contributed by atoms with Gasteiger partial charge in [0.2, 0.25) is 0 Å². The van der Waals surface area contributed by atoms with E-state index in [-0.39, 0.29) is 6.42 Å². The summed E-state index contributed by atoms with van der Waals surface area (Å²) in [6, 6.07) is 0. The lowest BCUT2D eigenvalue weighted by Gasteiger charge is -2.39. The van der Waals surface area contributed by atoms with Crippen molar-refractivity contribution in [2.45, 2.75) is 33.3 Å². The molecule has 0 aromatic rings. The molecule has 0 radical (unpaired) electrons. The fraction of sp³-hybridized carbons (Fsp3) is 1.00. The third-order valence-electron chi connectivity index (χ3n) is 1.86. The van der Waals surface area contributed by atoms with Crippen molar-refractivity contribution in [2.24, 2.45) is 5.41 Å². The molecule has 0 aliphatic rings. The lowest BCUT2D eigenvalue weighted by molar-refractivity contribution is -0.347. The summed E-state index contributed by atoms with van der Waals surface area (Å²) in [7, 11) is -9.76. The Morgan fingerprint density at radius 1 is 1.24 bits per heavy atom. The van der Waals surface area contributed by atoms with Gasteiger partial charge in [0.15, 0.2) is 0 Å². The zero-order chi connectivity index (χ0) is 13.9. The zero-order valence-corrected chi connectivity index (χ0v) is 11.5. The van der Waals surface area contributed by atoms with Gasteiger partial charge in [0.25, 0.3) is 0 Å². The SMILES string of the molecule is CC(C)(C)C(CCOP(=O)(O)O)OP(=O)([O-])[O-]. The molecule has 0 aromatic heterocycles. The van der Waals surface area contributed by atoms with Crippen LogP contribution in [-0.2, 0) is 18.2 Å². The Morgan fingerprint density at radius 2 is 1.71 bits per heavy atom. The first-order valence-electron chi connectivity index (χ1n) is 4.72. The molecule has 0 spiro atoms. The minimum Gasteiger partial charge on any atom is -0.790 e. The van der Waals surface area contributed by atoms with Gasteiger partial charge in [-0.25, -0.2) is 4.57 Å². The second kappa shape index (κ2) is 5.91. The molecule has 10 heteroatoms. The van der Waals surface area contributed by atoms with E-state index in [4.69, 9.17) is 9.79 Å². The lowest BCUT2D eigenvalue weighted by atomic mass is 9.87. The number of rotatable bonds is 6. The molecule has 104 valence electrons. The minimum atomic E-state index is -5.15. The van der Waals surface area contributed by atoms with Crippen LogP contribution in [0.15, 0.2) is 0 Å². The maximum absolute atomic E-state index is 10.5. The molecule has 2 N–H and O–H groups in total. The van der Waals surface area contributed by atoms with Crippen LogP contribution in [-0.4, -0.2) is 22.5 Å². The van der Waals surface area contributed by atoms with Crippen molar-refractivity contribution in [3.05, 3.63) is 0 Å². The van der Waals surface area contributed by atoms with Crippen LogP contribution in [0.5, 0.6) is 0 Å². The van der Waals surface area contributed by atoms with Gasteiger partial charge < -0.3 is 28.7 Å². The summed E-state index contributed by atoms with van der Waals surface area (Å²) in [6.07, 6.45) is -1.13. The molecule has 0 aliphatic carbocycles. The van der Waals surface area contributed by atoms with E-state index in [1.165, 1.54) is 0 Å². The fourth-order valence-electron chi connectivity index (χ4n) is 1.08. The lowest BCUT2D eigenvalue weighted by Crippen LogP contribution is -2.33. The van der Waals surface area contributed by atoms with Crippen molar-refractivity contribution >= 4 is 15.6 Å². The van der Waals surface area contributed by atoms with Gasteiger partial charge in [-0.15, -0.1) is 0 Å². The maximum Gasteiger partial charge on any atom is 0.469 e. The van der Waals surface area contributed by atoms with Gasteiger partial charge in [0.1, 0.15) is 0 Å². The predicted molar refractivity (Wildman–Crippen MR) is 54.5 cm³/mol. The highest BCUT2D eigenvalue weighted by atomic mass is 31.2. The van der Waals surface area contributed by atoms with Gasteiger partial charge in [-0.1, -0.05) is 20.8 Å². The monoisotopic (exact) mass is 290 g/mol. The van der Waals surface area contributed by atoms with Crippen molar-refractivity contribution in [3.63, 3.8) is 0 Å². The highest BCUT2D eigenvalue weighted by Crippen LogP contribution is 2.39. The minimum absolute atomic E-state index is 0.122. The van der Waals surface area contributed by atoms with Gasteiger partial charge in [-0.05, 0) is 11.8 Å². The first kappa shape index (κ1) is 17.2. The molecular weight excluding hydrogens is 274 g/mol. The van der Waals surface area contributed by atoms with Crippen LogP contribution in [0, 0.1) is 5.41 Å². The van der Waals surface area contributed by atoms with Crippen LogP contribution in [0.25, 0.3) is 0 Å². The first-order chi connectivity index (χ1) is 7.31. The third kappa shape index (κ3) is 9.88. The van der Waals surface area contributed by atoms with Crippen molar-refractivity contribution in [1.29, 1.82) is 0 Å². The predicted octanol–water partition coefficient (Wildman–Crippen LogP) is -0.254. The number of hydrogen-bond donors (Lipinski definition) is 2. The summed E-state index contributed by atoms with van der Waals surface area (Å²) in [5, 5.41) is 0. The van der Waals surface area contributed by atoms with E-state index in [2.05, 4.69) is 9.05 Å². The molecule has 0 amide bonds. The molecule has 8 nitrogen and oxygen atoms in total. The Balaban J connectivity index is 4.43. The van der Waals surface area contributed by atoms with Crippen molar-refractivity contribution < 1.29 is 37.8 Å². The maximum atomic E-state index is 10.5. The Labute approximate surface area is 99.4 Å². The molecule has 1 atom stereocenters. The van der Waals surface area contributed by atoms with Crippen molar-refractivity contribution in [3.8, 4) is 0 Å². The largest absolute Gasteiger partial charge is 0.790 e. The smallest absolute Gasteiger partial charge is 0.469 e. The molecule has 17 heavy (non-hydrogen) atoms. The number of hydrogen-bond acceptors (Lipinski definition) is 6. The normalized spacial score (nSPS) is 15.9. The van der Waals surface area contributed by atoms with Gasteiger partial charge in [0.05, 0.1) is 20.5 Å². The second-order valence-electron chi connectivity index (χ2n) is 4.52. The average Bonchev–Trinajstić information content (AvgIpc) is 1.95. The summed E-state index contributed by atoms with van der Waals surface area (Å²) in [5.74, 6) is 0. The Bertz CT molecular complexity index is 323. The topological polar surface area (TPSA) is 139 Å². The van der Waals surface area contributed by atoms with Gasteiger partial charge in [0, 0.05) is 0 Å². The summed E-state index contributed by atoms with van der Waals surface area (Å²) < 4.78 is 29.4. The molecule has 0 saturated carbocycles. The van der Waals surface area contributed by atoms with E-state index < -0.39 is 33.8 Å². The quantitative estimate of drug-likeness (QED) is 0.638. The molecule has 1 unspecified atom stereocenters. The van der Waals surface area contributed by atoms with Crippen LogP contribution < -0.4 is 9.79 Å². The van der Waals surface area contributed by atoms with E-state index in [9.17, 15) is 18.9 Å².